The Balaban J connectivity index is 0.000000409. The summed E-state index contributed by atoms with van der Waals surface area (Å²) in [6.45, 7) is 0. The molecule has 6 N–H and O–H groups in total. The summed E-state index contributed by atoms with van der Waals surface area (Å²) >= 11 is 0. The van der Waals surface area contributed by atoms with E-state index in [4.69, 9.17) is 26.2 Å². The molecule has 0 spiro atoms. The van der Waals surface area contributed by atoms with Gasteiger partial charge in [0.1, 0.15) is 6.04 Å². The van der Waals surface area contributed by atoms with Crippen LogP contribution in [0.2, 0.25) is 0 Å². The number of hydrogen-bond donors (Lipinski definition) is 5. The first-order valence-corrected chi connectivity index (χ1v) is 5.92. The molecule has 0 heterocycles. The molecule has 1 aromatic carbocycles. The van der Waals surface area contributed by atoms with E-state index in [-0.39, 0.29) is 0 Å². The highest BCUT2D eigenvalue weighted by Crippen LogP contribution is 2.09. The average molecular weight is 317 g/mol. The van der Waals surface area contributed by atoms with Crippen molar-refractivity contribution in [3.05, 3.63) is 35.9 Å². The molecule has 0 aliphatic rings. The number of esters is 1. The number of rotatable bonds is 5. The number of aliphatic carboxylic acids is 2. The smallest absolute Gasteiger partial charge is 0.335 e. The predicted molar refractivity (Wildman–Crippen MR) is 72.7 cm³/mol. The van der Waals surface area contributed by atoms with Crippen molar-refractivity contribution >= 4 is 17.9 Å². The third kappa shape index (κ3) is 6.31. The normalized spacial score (nSPS) is 13.8. The SMILES string of the molecule is CO[14C](=O)[C@H](N)c1ccccc1.O=C(O)[C@H](O)[C@@H](O)C(=O)O. The van der Waals surface area contributed by atoms with Gasteiger partial charge >= 0.3 is 17.9 Å². The standard InChI is InChI=1S/C9H11NO2.C4H6O6/c1-12-9(11)8(10)7-5-3-2-4-6-7;5-1(3(7)8)2(6)4(9)10/h2-6,8H,10H2,1H3;1-2,5-6H,(H,7,8)(H,9,10)/t8-;1-,2-/m11/s1/i9+2;. The van der Waals surface area contributed by atoms with Gasteiger partial charge in [-0.15, -0.1) is 0 Å². The van der Waals surface area contributed by atoms with E-state index in [1.165, 1.54) is 7.11 Å². The van der Waals surface area contributed by atoms with Crippen LogP contribution in [0, 0.1) is 0 Å². The summed E-state index contributed by atoms with van der Waals surface area (Å²) in [5.74, 6) is -3.95. The molecule has 0 aliphatic heterocycles. The Morgan fingerprint density at radius 2 is 1.50 bits per heavy atom. The summed E-state index contributed by atoms with van der Waals surface area (Å²) in [6.07, 6.45) is -4.53. The highest BCUT2D eigenvalue weighted by Gasteiger charge is 2.29. The van der Waals surface area contributed by atoms with Crippen molar-refractivity contribution in [2.24, 2.45) is 5.73 Å². The molecule has 0 saturated heterocycles. The van der Waals surface area contributed by atoms with Crippen LogP contribution in [0.5, 0.6) is 0 Å². The molecule has 0 bridgehead atoms. The maximum absolute atomic E-state index is 11.0. The fraction of sp³-hybridized carbons (Fsp3) is 0.308. The number of methoxy groups -OCH3 is 1. The number of nitrogens with two attached hydrogens (primary N) is 1. The minimum absolute atomic E-state index is 0.416. The van der Waals surface area contributed by atoms with Crippen molar-refractivity contribution < 1.29 is 39.5 Å². The summed E-state index contributed by atoms with van der Waals surface area (Å²) in [7, 11) is 1.32. The summed E-state index contributed by atoms with van der Waals surface area (Å²) in [6, 6.07) is 8.45. The van der Waals surface area contributed by atoms with Gasteiger partial charge in [0.15, 0.2) is 12.2 Å². The van der Waals surface area contributed by atoms with E-state index in [0.717, 1.165) is 5.56 Å². The summed E-state index contributed by atoms with van der Waals surface area (Å²) in [5.41, 5.74) is 6.34. The molecule has 0 saturated carbocycles. The fourth-order valence-electron chi connectivity index (χ4n) is 1.19. The first-order chi connectivity index (χ1) is 10.2. The third-order valence-electron chi connectivity index (χ3n) is 2.42. The van der Waals surface area contributed by atoms with Crippen molar-refractivity contribution in [1.29, 1.82) is 0 Å². The summed E-state index contributed by atoms with van der Waals surface area (Å²) in [4.78, 5) is 30.5. The number of carbonyl (C=O) groups excluding carboxylic acids is 1. The van der Waals surface area contributed by atoms with Crippen LogP contribution < -0.4 is 5.73 Å². The van der Waals surface area contributed by atoms with Gasteiger partial charge in [0.2, 0.25) is 0 Å². The van der Waals surface area contributed by atoms with Gasteiger partial charge in [-0.2, -0.15) is 0 Å². The molecular weight excluding hydrogens is 300 g/mol. The van der Waals surface area contributed by atoms with Gasteiger partial charge in [-0.1, -0.05) is 30.3 Å². The van der Waals surface area contributed by atoms with Crippen LogP contribution in [0.4, 0.5) is 0 Å². The van der Waals surface area contributed by atoms with Gasteiger partial charge in [0.25, 0.3) is 0 Å². The second-order valence-electron chi connectivity index (χ2n) is 3.98. The Kier molecular flexibility index (Phi) is 8.38. The summed E-state index contributed by atoms with van der Waals surface area (Å²) < 4.78 is 4.50. The maximum Gasteiger partial charge on any atom is 0.335 e. The molecule has 0 radical (unpaired) electrons. The van der Waals surface area contributed by atoms with Crippen molar-refractivity contribution in [3.8, 4) is 0 Å². The molecular formula is C13H17NO8. The zero-order chi connectivity index (χ0) is 17.3. The quantitative estimate of drug-likeness (QED) is 0.416. The Labute approximate surface area is 125 Å². The molecule has 3 atom stereocenters. The molecule has 22 heavy (non-hydrogen) atoms. The van der Waals surface area contributed by atoms with E-state index in [0.29, 0.717) is 0 Å². The lowest BCUT2D eigenvalue weighted by Crippen LogP contribution is -2.39. The highest BCUT2D eigenvalue weighted by atomic mass is 16.8. The van der Waals surface area contributed by atoms with E-state index in [9.17, 15) is 14.4 Å². The number of ether oxygens (including phenoxy) is 1. The number of aliphatic hydroxyl groups excluding tert-OH is 2. The van der Waals surface area contributed by atoms with Crippen LogP contribution in [-0.4, -0.2) is 57.7 Å². The van der Waals surface area contributed by atoms with E-state index >= 15 is 0 Å². The lowest BCUT2D eigenvalue weighted by Gasteiger charge is -2.08. The Morgan fingerprint density at radius 3 is 1.82 bits per heavy atom. The summed E-state index contributed by atoms with van der Waals surface area (Å²) in [5, 5.41) is 32.5. The molecule has 0 amide bonds. The minimum atomic E-state index is -2.27. The largest absolute Gasteiger partial charge is 0.479 e. The molecule has 9 nitrogen and oxygen atoms in total. The van der Waals surface area contributed by atoms with Crippen molar-refractivity contribution in [2.45, 2.75) is 18.2 Å². The van der Waals surface area contributed by atoms with E-state index in [2.05, 4.69) is 4.74 Å². The average Bonchev–Trinajstić information content (AvgIpc) is 2.53. The first kappa shape index (κ1) is 19.5. The van der Waals surface area contributed by atoms with Crippen LogP contribution in [0.15, 0.2) is 30.3 Å². The zero-order valence-corrected chi connectivity index (χ0v) is 11.6. The van der Waals surface area contributed by atoms with Crippen LogP contribution in [0.25, 0.3) is 0 Å². The highest BCUT2D eigenvalue weighted by molar-refractivity contribution is 5.83. The molecule has 1 aromatic rings. The lowest BCUT2D eigenvalue weighted by molar-refractivity contribution is -0.165. The first-order valence-electron chi connectivity index (χ1n) is 5.92. The number of hydrogen-bond acceptors (Lipinski definition) is 7. The van der Waals surface area contributed by atoms with E-state index < -0.39 is 36.2 Å². The van der Waals surface area contributed by atoms with Gasteiger partial charge < -0.3 is 30.9 Å². The lowest BCUT2D eigenvalue weighted by atomic mass is 10.2. The van der Waals surface area contributed by atoms with Crippen molar-refractivity contribution in [1.82, 2.24) is 0 Å². The van der Waals surface area contributed by atoms with Crippen molar-refractivity contribution in [3.63, 3.8) is 0 Å². The van der Waals surface area contributed by atoms with Crippen LogP contribution >= 0.6 is 0 Å². The number of aliphatic hydroxyl groups is 2. The molecule has 0 fully saturated rings. The second-order valence-corrected chi connectivity index (χ2v) is 3.98. The topological polar surface area (TPSA) is 167 Å². The Hall–Kier alpha value is -2.49. The van der Waals surface area contributed by atoms with Gasteiger partial charge in [0, 0.05) is 0 Å². The number of carbonyl (C=O) groups is 3. The van der Waals surface area contributed by atoms with Gasteiger partial charge in [-0.3, -0.25) is 4.79 Å². The number of carboxylic acids is 2. The fourth-order valence-corrected chi connectivity index (χ4v) is 1.19. The van der Waals surface area contributed by atoms with Crippen LogP contribution in [-0.2, 0) is 19.1 Å². The molecule has 1 rings (SSSR count). The Bertz CT molecular complexity index is 486. The molecule has 0 aromatic heterocycles. The van der Waals surface area contributed by atoms with E-state index in [1.54, 1.807) is 12.1 Å². The van der Waals surface area contributed by atoms with Crippen molar-refractivity contribution in [2.75, 3.05) is 7.11 Å². The minimum Gasteiger partial charge on any atom is -0.479 e. The van der Waals surface area contributed by atoms with Crippen LogP contribution in [0.3, 0.4) is 0 Å². The number of benzene rings is 1. The molecule has 0 aliphatic carbocycles. The molecule has 0 unspecified atom stereocenters. The Morgan fingerprint density at radius 1 is 1.09 bits per heavy atom. The van der Waals surface area contributed by atoms with Gasteiger partial charge in [0.05, 0.1) is 7.11 Å². The monoisotopic (exact) mass is 317 g/mol. The third-order valence-corrected chi connectivity index (χ3v) is 2.42. The maximum atomic E-state index is 11.0. The number of carboxylic acid groups (broad SMARTS) is 2. The van der Waals surface area contributed by atoms with Crippen LogP contribution in [0.1, 0.15) is 11.6 Å². The zero-order valence-electron chi connectivity index (χ0n) is 11.6. The van der Waals surface area contributed by atoms with E-state index in [1.807, 2.05) is 18.2 Å². The van der Waals surface area contributed by atoms with Gasteiger partial charge in [-0.05, 0) is 5.56 Å². The second kappa shape index (κ2) is 9.45. The molecule has 9 heteroatoms. The van der Waals surface area contributed by atoms with Gasteiger partial charge in [-0.25, -0.2) is 9.59 Å². The predicted octanol–water partition coefficient (Wildman–Crippen LogP) is -1.26. The molecule has 122 valence electrons.